The summed E-state index contributed by atoms with van der Waals surface area (Å²) in [6, 6.07) is 6.50. The molecule has 0 radical (unpaired) electrons. The number of nitrogens with two attached hydrogens (primary N) is 1. The van der Waals surface area contributed by atoms with Gasteiger partial charge in [0.1, 0.15) is 0 Å². The highest BCUT2D eigenvalue weighted by molar-refractivity contribution is 7.89. The van der Waals surface area contributed by atoms with Crippen LogP contribution in [0, 0.1) is 13.8 Å². The minimum absolute atomic E-state index is 0.0827. The number of sulfonamides is 1. The highest BCUT2D eigenvalue weighted by Gasteiger charge is 2.20. The van der Waals surface area contributed by atoms with E-state index >= 15 is 0 Å². The average molecular weight is 336 g/mol. The predicted molar refractivity (Wildman–Crippen MR) is 91.8 cm³/mol. The normalized spacial score (nSPS) is 12.4. The van der Waals surface area contributed by atoms with Crippen LogP contribution in [-0.2, 0) is 22.1 Å². The Morgan fingerprint density at radius 3 is 2.43 bits per heavy atom. The molecule has 3 N–H and O–H groups in total. The Labute approximate surface area is 137 Å². The Kier molecular flexibility index (Phi) is 4.54. The van der Waals surface area contributed by atoms with Crippen LogP contribution in [0.2, 0.25) is 0 Å². The summed E-state index contributed by atoms with van der Waals surface area (Å²) < 4.78 is 24.8. The van der Waals surface area contributed by atoms with Gasteiger partial charge in [-0.25, -0.2) is 13.6 Å². The van der Waals surface area contributed by atoms with Gasteiger partial charge >= 0.3 is 0 Å². The first-order valence-corrected chi connectivity index (χ1v) is 8.97. The SMILES string of the molecule is Cc1nn(C(C)(C)C)c(C)c1CNc1cccc(S(N)(=O)=O)c1. The lowest BCUT2D eigenvalue weighted by atomic mass is 10.1. The Morgan fingerprint density at radius 2 is 1.91 bits per heavy atom. The fourth-order valence-electron chi connectivity index (χ4n) is 2.56. The molecule has 0 bridgehead atoms. The Balaban J connectivity index is 2.24. The topological polar surface area (TPSA) is 90.0 Å². The lowest BCUT2D eigenvalue weighted by Crippen LogP contribution is -2.24. The van der Waals surface area contributed by atoms with Gasteiger partial charge in [0.25, 0.3) is 0 Å². The molecule has 0 aliphatic heterocycles. The Morgan fingerprint density at radius 1 is 1.26 bits per heavy atom. The summed E-state index contributed by atoms with van der Waals surface area (Å²) in [5.74, 6) is 0. The van der Waals surface area contributed by atoms with Crippen LogP contribution >= 0.6 is 0 Å². The van der Waals surface area contributed by atoms with Crippen LogP contribution in [0.25, 0.3) is 0 Å². The minimum Gasteiger partial charge on any atom is -0.381 e. The number of hydrogen-bond donors (Lipinski definition) is 2. The van der Waals surface area contributed by atoms with E-state index in [-0.39, 0.29) is 10.4 Å². The van der Waals surface area contributed by atoms with Crippen molar-refractivity contribution < 1.29 is 8.42 Å². The highest BCUT2D eigenvalue weighted by Crippen LogP contribution is 2.22. The largest absolute Gasteiger partial charge is 0.381 e. The number of aryl methyl sites for hydroxylation is 1. The number of rotatable bonds is 4. The Bertz CT molecular complexity index is 817. The first kappa shape index (κ1) is 17.5. The van der Waals surface area contributed by atoms with Gasteiger partial charge in [0.05, 0.1) is 16.1 Å². The Hall–Kier alpha value is -1.86. The van der Waals surface area contributed by atoms with E-state index < -0.39 is 10.0 Å². The van der Waals surface area contributed by atoms with Crippen molar-refractivity contribution in [1.82, 2.24) is 9.78 Å². The van der Waals surface area contributed by atoms with Gasteiger partial charge in [-0.2, -0.15) is 5.10 Å². The van der Waals surface area contributed by atoms with Gasteiger partial charge in [-0.3, -0.25) is 4.68 Å². The van der Waals surface area contributed by atoms with Gasteiger partial charge in [-0.05, 0) is 52.8 Å². The van der Waals surface area contributed by atoms with E-state index in [1.165, 1.54) is 12.1 Å². The van der Waals surface area contributed by atoms with Gasteiger partial charge in [-0.15, -0.1) is 0 Å². The summed E-state index contributed by atoms with van der Waals surface area (Å²) >= 11 is 0. The molecular formula is C16H24N4O2S. The molecule has 1 aromatic heterocycles. The van der Waals surface area contributed by atoms with Crippen molar-refractivity contribution in [3.8, 4) is 0 Å². The van der Waals surface area contributed by atoms with Gasteiger partial charge < -0.3 is 5.32 Å². The van der Waals surface area contributed by atoms with Gasteiger partial charge in [0.15, 0.2) is 0 Å². The van der Waals surface area contributed by atoms with E-state index in [0.717, 1.165) is 17.0 Å². The molecule has 1 heterocycles. The van der Waals surface area contributed by atoms with Gasteiger partial charge in [0.2, 0.25) is 10.0 Å². The molecule has 0 spiro atoms. The summed E-state index contributed by atoms with van der Waals surface area (Å²) in [4.78, 5) is 0.0985. The molecule has 0 saturated heterocycles. The van der Waals surface area contributed by atoms with E-state index in [9.17, 15) is 8.42 Å². The van der Waals surface area contributed by atoms with Gasteiger partial charge in [-0.1, -0.05) is 6.07 Å². The second-order valence-corrected chi connectivity index (χ2v) is 8.22. The average Bonchev–Trinajstić information content (AvgIpc) is 2.71. The van der Waals surface area contributed by atoms with Gasteiger partial charge in [0, 0.05) is 23.5 Å². The van der Waals surface area contributed by atoms with E-state index in [4.69, 9.17) is 5.14 Å². The van der Waals surface area contributed by atoms with Crippen molar-refractivity contribution >= 4 is 15.7 Å². The second kappa shape index (κ2) is 5.98. The second-order valence-electron chi connectivity index (χ2n) is 6.66. The van der Waals surface area contributed by atoms with Crippen LogP contribution in [-0.4, -0.2) is 18.2 Å². The number of nitrogens with one attached hydrogen (secondary N) is 1. The molecule has 2 aromatic rings. The number of aromatic nitrogens is 2. The third-order valence-corrected chi connectivity index (χ3v) is 4.62. The number of primary sulfonamides is 1. The zero-order valence-corrected chi connectivity index (χ0v) is 15.0. The van der Waals surface area contributed by atoms with Crippen molar-refractivity contribution in [2.24, 2.45) is 5.14 Å². The molecular weight excluding hydrogens is 312 g/mol. The van der Waals surface area contributed by atoms with E-state index in [2.05, 4.69) is 31.2 Å². The summed E-state index contributed by atoms with van der Waals surface area (Å²) in [7, 11) is -3.70. The molecule has 6 nitrogen and oxygen atoms in total. The predicted octanol–water partition coefficient (Wildman–Crippen LogP) is 2.51. The number of benzene rings is 1. The lowest BCUT2D eigenvalue weighted by molar-refractivity contribution is 0.346. The maximum Gasteiger partial charge on any atom is 0.238 e. The first-order chi connectivity index (χ1) is 10.5. The minimum atomic E-state index is -3.70. The van der Waals surface area contributed by atoms with Crippen LogP contribution in [0.1, 0.15) is 37.7 Å². The molecule has 7 heteroatoms. The van der Waals surface area contributed by atoms with Crippen molar-refractivity contribution in [2.75, 3.05) is 5.32 Å². The van der Waals surface area contributed by atoms with Crippen LogP contribution in [0.3, 0.4) is 0 Å². The molecule has 2 rings (SSSR count). The molecule has 0 saturated carbocycles. The summed E-state index contributed by atoms with van der Waals surface area (Å²) in [6.07, 6.45) is 0. The summed E-state index contributed by atoms with van der Waals surface area (Å²) in [5, 5.41) is 13.0. The monoisotopic (exact) mass is 336 g/mol. The van der Waals surface area contributed by atoms with Crippen molar-refractivity contribution in [3.05, 3.63) is 41.2 Å². The zero-order valence-electron chi connectivity index (χ0n) is 14.2. The number of anilines is 1. The van der Waals surface area contributed by atoms with E-state index in [1.54, 1.807) is 6.07 Å². The fraction of sp³-hybridized carbons (Fsp3) is 0.438. The molecule has 0 unspecified atom stereocenters. The van der Waals surface area contributed by atoms with Crippen LogP contribution in [0.15, 0.2) is 29.2 Å². The molecule has 23 heavy (non-hydrogen) atoms. The lowest BCUT2D eigenvalue weighted by Gasteiger charge is -2.21. The number of hydrogen-bond acceptors (Lipinski definition) is 4. The summed E-state index contributed by atoms with van der Waals surface area (Å²) in [6.45, 7) is 10.9. The quantitative estimate of drug-likeness (QED) is 0.897. The first-order valence-electron chi connectivity index (χ1n) is 7.42. The van der Waals surface area contributed by atoms with Crippen molar-refractivity contribution in [3.63, 3.8) is 0 Å². The maximum atomic E-state index is 11.4. The zero-order chi connectivity index (χ0) is 17.4. The number of nitrogens with zero attached hydrogens (tertiary/aromatic N) is 2. The molecule has 1 aromatic carbocycles. The molecule has 0 amide bonds. The van der Waals surface area contributed by atoms with Crippen molar-refractivity contribution in [2.45, 2.75) is 51.6 Å². The molecule has 0 aliphatic carbocycles. The van der Waals surface area contributed by atoms with Crippen LogP contribution < -0.4 is 10.5 Å². The third kappa shape index (κ3) is 3.92. The standard InChI is InChI=1S/C16H24N4O2S/c1-11-15(12(2)20(19-11)16(3,4)5)10-18-13-7-6-8-14(9-13)23(17,21)22/h6-9,18H,10H2,1-5H3,(H2,17,21,22). The molecule has 126 valence electrons. The van der Waals surface area contributed by atoms with E-state index in [1.807, 2.05) is 24.6 Å². The van der Waals surface area contributed by atoms with Crippen molar-refractivity contribution in [1.29, 1.82) is 0 Å². The molecule has 0 fully saturated rings. The fourth-order valence-corrected chi connectivity index (χ4v) is 3.12. The molecule has 0 atom stereocenters. The smallest absolute Gasteiger partial charge is 0.238 e. The van der Waals surface area contributed by atoms with Crippen LogP contribution in [0.4, 0.5) is 5.69 Å². The van der Waals surface area contributed by atoms with E-state index in [0.29, 0.717) is 12.2 Å². The summed E-state index contributed by atoms with van der Waals surface area (Å²) in [5.41, 5.74) is 3.80. The third-order valence-electron chi connectivity index (χ3n) is 3.71. The maximum absolute atomic E-state index is 11.4. The van der Waals surface area contributed by atoms with Crippen LogP contribution in [0.5, 0.6) is 0 Å². The highest BCUT2D eigenvalue weighted by atomic mass is 32.2. The molecule has 0 aliphatic rings.